The number of piperidine rings is 1. The minimum Gasteiger partial charge on any atom is -0.497 e. The van der Waals surface area contributed by atoms with E-state index in [0.717, 1.165) is 5.56 Å². The number of aromatic nitrogens is 4. The number of benzene rings is 1. The second-order valence-corrected chi connectivity index (χ2v) is 14.2. The van der Waals surface area contributed by atoms with Gasteiger partial charge in [-0.2, -0.15) is 13.4 Å². The van der Waals surface area contributed by atoms with Crippen LogP contribution < -0.4 is 18.9 Å². The van der Waals surface area contributed by atoms with Gasteiger partial charge in [0.25, 0.3) is 15.9 Å². The molecule has 1 fully saturated rings. The third-order valence-corrected chi connectivity index (χ3v) is 8.53. The van der Waals surface area contributed by atoms with Gasteiger partial charge in [-0.3, -0.25) is 9.71 Å². The summed E-state index contributed by atoms with van der Waals surface area (Å²) in [6, 6.07) is 13.3. The number of hydrogen-bond donors (Lipinski definition) is 1. The number of carbonyl (C=O) groups excluding carboxylic acids is 1. The Morgan fingerprint density at radius 1 is 1.04 bits per heavy atom. The Hall–Kier alpha value is -4.98. The van der Waals surface area contributed by atoms with E-state index in [-0.39, 0.29) is 40.8 Å². The lowest BCUT2D eigenvalue weighted by Crippen LogP contribution is -2.46. The molecule has 1 aliphatic heterocycles. The van der Waals surface area contributed by atoms with Crippen LogP contribution in [0.1, 0.15) is 58.9 Å². The molecule has 0 radical (unpaired) electrons. The maximum absolute atomic E-state index is 13.8. The van der Waals surface area contributed by atoms with Gasteiger partial charge in [0, 0.05) is 36.8 Å². The number of amides is 1. The molecule has 1 unspecified atom stereocenters. The second-order valence-electron chi connectivity index (χ2n) is 12.5. The van der Waals surface area contributed by atoms with Gasteiger partial charge in [-0.15, -0.1) is 0 Å². The molecule has 3 aromatic heterocycles. The Balaban J connectivity index is 1.59. The predicted octanol–water partition coefficient (Wildman–Crippen LogP) is 6.44. The molecule has 1 amide bonds. The number of sulfonamides is 1. The summed E-state index contributed by atoms with van der Waals surface area (Å²) >= 11 is 0. The van der Waals surface area contributed by atoms with Crippen LogP contribution in [0.2, 0.25) is 0 Å². The normalized spacial score (nSPS) is 15.1. The lowest BCUT2D eigenvalue weighted by Gasteiger charge is -2.34. The molecule has 1 aromatic carbocycles. The van der Waals surface area contributed by atoms with Crippen molar-refractivity contribution in [2.75, 3.05) is 24.9 Å². The Kier molecular flexibility index (Phi) is 10.3. The second kappa shape index (κ2) is 14.4. The van der Waals surface area contributed by atoms with E-state index in [2.05, 4.69) is 19.7 Å². The zero-order valence-corrected chi connectivity index (χ0v) is 28.7. The van der Waals surface area contributed by atoms with Crippen LogP contribution >= 0.6 is 0 Å². The van der Waals surface area contributed by atoms with Crippen molar-refractivity contribution in [3.05, 3.63) is 72.7 Å². The molecule has 0 spiro atoms. The molecule has 1 saturated heterocycles. The highest BCUT2D eigenvalue weighted by Crippen LogP contribution is 2.40. The molecular weight excluding hydrogens is 636 g/mol. The van der Waals surface area contributed by atoms with E-state index < -0.39 is 27.8 Å². The van der Waals surface area contributed by atoms with Crippen LogP contribution in [-0.4, -0.2) is 71.3 Å². The smallest absolute Gasteiger partial charge is 0.410 e. The van der Waals surface area contributed by atoms with E-state index in [1.807, 2.05) is 34.6 Å². The minimum absolute atomic E-state index is 0.0310. The number of hydrogen-bond acceptors (Lipinski definition) is 11. The monoisotopic (exact) mass is 676 g/mol. The highest BCUT2D eigenvalue weighted by molar-refractivity contribution is 7.92. The van der Waals surface area contributed by atoms with E-state index in [0.29, 0.717) is 36.4 Å². The zero-order chi connectivity index (χ0) is 34.5. The number of anilines is 1. The molecule has 48 heavy (non-hydrogen) atoms. The Morgan fingerprint density at radius 2 is 1.79 bits per heavy atom. The topological polar surface area (TPSA) is 155 Å². The molecular formula is C34H40N6O7S. The number of methoxy groups -OCH3 is 1. The van der Waals surface area contributed by atoms with Gasteiger partial charge >= 0.3 is 6.09 Å². The summed E-state index contributed by atoms with van der Waals surface area (Å²) in [4.78, 5) is 32.1. The van der Waals surface area contributed by atoms with Gasteiger partial charge < -0.3 is 23.8 Å². The van der Waals surface area contributed by atoms with Crippen LogP contribution in [0.15, 0.2) is 72.1 Å². The molecule has 1 N–H and O–H groups in total. The van der Waals surface area contributed by atoms with Crippen molar-refractivity contribution in [3.63, 3.8) is 0 Å². The minimum atomic E-state index is -4.26. The fourth-order valence-corrected chi connectivity index (χ4v) is 5.78. The number of nitrogens with one attached hydrogen (secondary N) is 1. The highest BCUT2D eigenvalue weighted by Gasteiger charge is 2.32. The number of ether oxygens (including phenoxy) is 4. The number of nitrogens with zero attached hydrogens (tertiary/aromatic N) is 5. The number of rotatable bonds is 10. The van der Waals surface area contributed by atoms with Crippen molar-refractivity contribution in [3.8, 4) is 34.5 Å². The van der Waals surface area contributed by atoms with Crippen molar-refractivity contribution in [2.45, 2.75) is 70.1 Å². The molecule has 1 aliphatic rings. The zero-order valence-electron chi connectivity index (χ0n) is 27.8. The summed E-state index contributed by atoms with van der Waals surface area (Å²) in [7, 11) is -2.74. The quantitative estimate of drug-likeness (QED) is 0.197. The van der Waals surface area contributed by atoms with E-state index in [4.69, 9.17) is 23.9 Å². The fourth-order valence-electron chi connectivity index (χ4n) is 4.84. The molecule has 13 nitrogen and oxygen atoms in total. The first-order chi connectivity index (χ1) is 22.8. The van der Waals surface area contributed by atoms with Gasteiger partial charge in [0.05, 0.1) is 13.7 Å². The van der Waals surface area contributed by atoms with Gasteiger partial charge in [0.1, 0.15) is 23.2 Å². The molecule has 4 aromatic rings. The largest absolute Gasteiger partial charge is 0.497 e. The van der Waals surface area contributed by atoms with Crippen molar-refractivity contribution in [1.29, 1.82) is 0 Å². The van der Waals surface area contributed by atoms with E-state index >= 15 is 0 Å². The van der Waals surface area contributed by atoms with Gasteiger partial charge in [0.15, 0.2) is 16.7 Å². The van der Waals surface area contributed by atoms with Gasteiger partial charge in [-0.1, -0.05) is 26.0 Å². The summed E-state index contributed by atoms with van der Waals surface area (Å²) in [5.41, 5.74) is 0.786. The van der Waals surface area contributed by atoms with Crippen LogP contribution in [0.5, 0.6) is 23.1 Å². The molecule has 4 heterocycles. The lowest BCUT2D eigenvalue weighted by atomic mass is 10.1. The average Bonchev–Trinajstić information content (AvgIpc) is 3.06. The highest BCUT2D eigenvalue weighted by atomic mass is 32.2. The van der Waals surface area contributed by atoms with Crippen LogP contribution in [0.4, 0.5) is 10.6 Å². The molecule has 0 saturated carbocycles. The van der Waals surface area contributed by atoms with Crippen LogP contribution in [0, 0.1) is 0 Å². The standard InChI is InChI=1S/C34H40N6O7S/c1-22(2)24-12-13-28(36-20-24)48(42,43)39-31-29(45-26-10-7-9-25(19-26)44-6)32(38-30(37-31)23-14-16-35-17-15-23)46-27-11-8-18-40(21-27)33(41)47-34(3,4)5/h7,9-10,12-17,19-20,22,27H,8,11,18,21H2,1-6H3,(H,37,38,39). The molecule has 0 bridgehead atoms. The van der Waals surface area contributed by atoms with Gasteiger partial charge in [-0.05, 0) is 75.4 Å². The molecule has 0 aliphatic carbocycles. The van der Waals surface area contributed by atoms with E-state index in [1.165, 1.54) is 19.4 Å². The van der Waals surface area contributed by atoms with Crippen LogP contribution in [0.3, 0.4) is 0 Å². The van der Waals surface area contributed by atoms with E-state index in [1.54, 1.807) is 59.8 Å². The van der Waals surface area contributed by atoms with Gasteiger partial charge in [-0.25, -0.2) is 14.8 Å². The maximum atomic E-state index is 13.8. The SMILES string of the molecule is COc1cccc(Oc2c(NS(=O)(=O)c3ccc(C(C)C)cn3)nc(-c3ccncc3)nc2OC2CCCN(C(=O)OC(C)(C)C)C2)c1. The Labute approximate surface area is 280 Å². The van der Waals surface area contributed by atoms with Crippen molar-refractivity contribution < 1.29 is 32.2 Å². The summed E-state index contributed by atoms with van der Waals surface area (Å²) in [5.74, 6) is 0.865. The summed E-state index contributed by atoms with van der Waals surface area (Å²) in [6.07, 6.45) is 4.95. The summed E-state index contributed by atoms with van der Waals surface area (Å²) < 4.78 is 53.8. The first-order valence-corrected chi connectivity index (χ1v) is 17.1. The summed E-state index contributed by atoms with van der Waals surface area (Å²) in [6.45, 7) is 10.1. The molecule has 14 heteroatoms. The average molecular weight is 677 g/mol. The Morgan fingerprint density at radius 3 is 2.46 bits per heavy atom. The third kappa shape index (κ3) is 8.68. The first kappa shape index (κ1) is 34.4. The van der Waals surface area contributed by atoms with Gasteiger partial charge in [0.2, 0.25) is 5.75 Å². The first-order valence-electron chi connectivity index (χ1n) is 15.6. The van der Waals surface area contributed by atoms with Crippen LogP contribution in [-0.2, 0) is 14.8 Å². The number of carbonyl (C=O) groups is 1. The van der Waals surface area contributed by atoms with Crippen molar-refractivity contribution >= 4 is 21.9 Å². The molecule has 254 valence electrons. The van der Waals surface area contributed by atoms with E-state index in [9.17, 15) is 13.2 Å². The fraction of sp³-hybridized carbons (Fsp3) is 0.382. The van der Waals surface area contributed by atoms with Crippen molar-refractivity contribution in [2.24, 2.45) is 0 Å². The number of likely N-dealkylation sites (tertiary alicyclic amines) is 1. The maximum Gasteiger partial charge on any atom is 0.410 e. The lowest BCUT2D eigenvalue weighted by molar-refractivity contribution is 0.00699. The molecule has 1 atom stereocenters. The molecule has 5 rings (SSSR count). The predicted molar refractivity (Wildman–Crippen MR) is 179 cm³/mol. The van der Waals surface area contributed by atoms with Crippen molar-refractivity contribution in [1.82, 2.24) is 24.8 Å². The van der Waals surface area contributed by atoms with Crippen LogP contribution in [0.25, 0.3) is 11.4 Å². The third-order valence-electron chi connectivity index (χ3n) is 7.27. The summed E-state index contributed by atoms with van der Waals surface area (Å²) in [5, 5.41) is -0.203. The Bertz CT molecular complexity index is 1830. The number of pyridine rings is 2.